The van der Waals surface area contributed by atoms with Crippen molar-refractivity contribution in [2.45, 2.75) is 18.7 Å². The van der Waals surface area contributed by atoms with Crippen molar-refractivity contribution in [1.29, 1.82) is 0 Å². The van der Waals surface area contributed by atoms with Crippen LogP contribution in [-0.4, -0.2) is 37.3 Å². The second-order valence-corrected chi connectivity index (χ2v) is 7.84. The Bertz CT molecular complexity index is 854. The number of anilines is 1. The van der Waals surface area contributed by atoms with Gasteiger partial charge in [0.1, 0.15) is 13.2 Å². The highest BCUT2D eigenvalue weighted by molar-refractivity contribution is 8.00. The number of amides is 2. The lowest BCUT2D eigenvalue weighted by Gasteiger charge is -2.18. The molecule has 7 heteroatoms. The molecule has 0 unspecified atom stereocenters. The predicted octanol–water partition coefficient (Wildman–Crippen LogP) is 3.57. The molecular weight excluding hydrogens is 376 g/mol. The van der Waals surface area contributed by atoms with Crippen LogP contribution in [0.2, 0.25) is 0 Å². The van der Waals surface area contributed by atoms with E-state index in [1.54, 1.807) is 24.3 Å². The van der Waals surface area contributed by atoms with Gasteiger partial charge in [-0.25, -0.2) is 0 Å². The number of para-hydroxylation sites is 1. The first-order valence-corrected chi connectivity index (χ1v) is 10.2. The Kier molecular flexibility index (Phi) is 6.81. The van der Waals surface area contributed by atoms with Gasteiger partial charge in [-0.3, -0.25) is 9.59 Å². The van der Waals surface area contributed by atoms with Gasteiger partial charge in [0.2, 0.25) is 5.91 Å². The second kappa shape index (κ2) is 9.50. The number of hydrogen-bond acceptors (Lipinski definition) is 5. The summed E-state index contributed by atoms with van der Waals surface area (Å²) in [6.45, 7) is 5.72. The Morgan fingerprint density at radius 3 is 2.61 bits per heavy atom. The van der Waals surface area contributed by atoms with Crippen molar-refractivity contribution < 1.29 is 19.1 Å². The van der Waals surface area contributed by atoms with Gasteiger partial charge in [-0.2, -0.15) is 0 Å². The van der Waals surface area contributed by atoms with Gasteiger partial charge in [0.05, 0.1) is 17.0 Å². The molecule has 0 saturated heterocycles. The highest BCUT2D eigenvalue weighted by Gasteiger charge is 2.15. The summed E-state index contributed by atoms with van der Waals surface area (Å²) in [7, 11) is 0. The molecule has 148 valence electrons. The molecule has 6 nitrogen and oxygen atoms in total. The molecule has 2 N–H and O–H groups in total. The van der Waals surface area contributed by atoms with Crippen LogP contribution in [-0.2, 0) is 4.79 Å². The fraction of sp³-hybridized carbons (Fsp3) is 0.333. The van der Waals surface area contributed by atoms with Crippen LogP contribution in [0, 0.1) is 5.92 Å². The molecule has 1 aliphatic rings. The minimum Gasteiger partial charge on any atom is -0.486 e. The highest BCUT2D eigenvalue weighted by atomic mass is 32.2. The van der Waals surface area contributed by atoms with E-state index in [0.717, 1.165) is 10.6 Å². The molecule has 0 bridgehead atoms. The number of ether oxygens (including phenoxy) is 2. The van der Waals surface area contributed by atoms with E-state index in [9.17, 15) is 9.59 Å². The van der Waals surface area contributed by atoms with Gasteiger partial charge >= 0.3 is 0 Å². The van der Waals surface area contributed by atoms with Crippen LogP contribution in [0.4, 0.5) is 5.69 Å². The first-order chi connectivity index (χ1) is 13.5. The zero-order valence-corrected chi connectivity index (χ0v) is 16.8. The lowest BCUT2D eigenvalue weighted by atomic mass is 10.1. The Morgan fingerprint density at radius 2 is 1.82 bits per heavy atom. The van der Waals surface area contributed by atoms with E-state index in [0.29, 0.717) is 42.7 Å². The van der Waals surface area contributed by atoms with Crippen LogP contribution in [0.15, 0.2) is 47.4 Å². The number of carbonyl (C=O) groups is 2. The van der Waals surface area contributed by atoms with E-state index >= 15 is 0 Å². The van der Waals surface area contributed by atoms with Crippen LogP contribution in [0.5, 0.6) is 11.5 Å². The quantitative estimate of drug-likeness (QED) is 0.695. The van der Waals surface area contributed by atoms with Gasteiger partial charge in [0, 0.05) is 11.4 Å². The number of rotatable bonds is 7. The molecule has 1 aliphatic heterocycles. The monoisotopic (exact) mass is 400 g/mol. The molecule has 0 saturated carbocycles. The van der Waals surface area contributed by atoms with Crippen molar-refractivity contribution in [3.8, 4) is 11.5 Å². The number of carbonyl (C=O) groups excluding carboxylic acids is 2. The Labute approximate surface area is 169 Å². The molecule has 2 aromatic rings. The third kappa shape index (κ3) is 5.42. The maximum atomic E-state index is 12.4. The highest BCUT2D eigenvalue weighted by Crippen LogP contribution is 2.34. The number of nitrogens with one attached hydrogen (secondary N) is 2. The van der Waals surface area contributed by atoms with Crippen LogP contribution < -0.4 is 20.1 Å². The third-order valence-electron chi connectivity index (χ3n) is 4.00. The second-order valence-electron chi connectivity index (χ2n) is 6.79. The molecule has 1 heterocycles. The lowest BCUT2D eigenvalue weighted by molar-refractivity contribution is -0.113. The number of hydrogen-bond donors (Lipinski definition) is 2. The van der Waals surface area contributed by atoms with Crippen LogP contribution in [0.1, 0.15) is 24.2 Å². The van der Waals surface area contributed by atoms with E-state index in [-0.39, 0.29) is 17.6 Å². The standard InChI is InChI=1S/C21H24N2O4S/c1-14(2)12-22-21(25)16-5-3-4-6-17(16)23-20(24)13-28-15-7-8-18-19(11-15)27-10-9-26-18/h3-8,11,14H,9-10,12-13H2,1-2H3,(H,22,25)(H,23,24). The summed E-state index contributed by atoms with van der Waals surface area (Å²) < 4.78 is 11.1. The minimum absolute atomic E-state index is 0.177. The smallest absolute Gasteiger partial charge is 0.253 e. The van der Waals surface area contributed by atoms with Gasteiger partial charge in [-0.05, 0) is 36.2 Å². The van der Waals surface area contributed by atoms with Crippen LogP contribution in [0.25, 0.3) is 0 Å². The Hall–Kier alpha value is -2.67. The van der Waals surface area contributed by atoms with Crippen LogP contribution in [0.3, 0.4) is 0 Å². The van der Waals surface area contributed by atoms with E-state index < -0.39 is 0 Å². The molecule has 0 radical (unpaired) electrons. The molecular formula is C21H24N2O4S. The van der Waals surface area contributed by atoms with Gasteiger partial charge in [-0.15, -0.1) is 11.8 Å². The zero-order chi connectivity index (χ0) is 19.9. The normalized spacial score (nSPS) is 12.5. The summed E-state index contributed by atoms with van der Waals surface area (Å²) in [4.78, 5) is 25.7. The number of thioether (sulfide) groups is 1. The topological polar surface area (TPSA) is 76.7 Å². The Morgan fingerprint density at radius 1 is 1.07 bits per heavy atom. The van der Waals surface area contributed by atoms with E-state index in [1.165, 1.54) is 11.8 Å². The van der Waals surface area contributed by atoms with Gasteiger partial charge in [0.25, 0.3) is 5.91 Å². The van der Waals surface area contributed by atoms with Crippen molar-refractivity contribution in [1.82, 2.24) is 5.32 Å². The van der Waals surface area contributed by atoms with Crippen molar-refractivity contribution in [3.63, 3.8) is 0 Å². The molecule has 0 aliphatic carbocycles. The molecule has 2 amide bonds. The average Bonchev–Trinajstić information content (AvgIpc) is 2.70. The molecule has 0 aromatic heterocycles. The van der Waals surface area contributed by atoms with Crippen molar-refractivity contribution in [3.05, 3.63) is 48.0 Å². The molecule has 28 heavy (non-hydrogen) atoms. The zero-order valence-electron chi connectivity index (χ0n) is 16.0. The third-order valence-corrected chi connectivity index (χ3v) is 4.99. The van der Waals surface area contributed by atoms with E-state index in [1.807, 2.05) is 32.0 Å². The molecule has 0 fully saturated rings. The van der Waals surface area contributed by atoms with Gasteiger partial charge in [0.15, 0.2) is 11.5 Å². The molecule has 3 rings (SSSR count). The van der Waals surface area contributed by atoms with Crippen LogP contribution >= 0.6 is 11.8 Å². The number of fused-ring (bicyclic) bond motifs is 1. The van der Waals surface area contributed by atoms with E-state index in [4.69, 9.17) is 9.47 Å². The maximum absolute atomic E-state index is 12.4. The summed E-state index contributed by atoms with van der Waals surface area (Å²) >= 11 is 1.40. The van der Waals surface area contributed by atoms with E-state index in [2.05, 4.69) is 10.6 Å². The Balaban J connectivity index is 1.58. The summed E-state index contributed by atoms with van der Waals surface area (Å²) in [5, 5.41) is 5.71. The van der Waals surface area contributed by atoms with Gasteiger partial charge < -0.3 is 20.1 Å². The average molecular weight is 401 g/mol. The van der Waals surface area contributed by atoms with Crippen molar-refractivity contribution in [2.24, 2.45) is 5.92 Å². The largest absolute Gasteiger partial charge is 0.486 e. The summed E-state index contributed by atoms with van der Waals surface area (Å²) in [6, 6.07) is 12.6. The summed E-state index contributed by atoms with van der Waals surface area (Å²) in [6.07, 6.45) is 0. The molecule has 0 spiro atoms. The fourth-order valence-electron chi connectivity index (χ4n) is 2.63. The maximum Gasteiger partial charge on any atom is 0.253 e. The fourth-order valence-corrected chi connectivity index (χ4v) is 3.36. The summed E-state index contributed by atoms with van der Waals surface area (Å²) in [5.41, 5.74) is 0.970. The molecule has 0 atom stereocenters. The van der Waals surface area contributed by atoms with Crippen molar-refractivity contribution in [2.75, 3.05) is 30.8 Å². The number of benzene rings is 2. The van der Waals surface area contributed by atoms with Gasteiger partial charge in [-0.1, -0.05) is 26.0 Å². The predicted molar refractivity (Wildman–Crippen MR) is 110 cm³/mol. The first kappa shape index (κ1) is 20.1. The minimum atomic E-state index is -0.191. The molecule has 2 aromatic carbocycles. The lowest BCUT2D eigenvalue weighted by Crippen LogP contribution is -2.28. The van der Waals surface area contributed by atoms with Crippen molar-refractivity contribution >= 4 is 29.3 Å². The SMILES string of the molecule is CC(C)CNC(=O)c1ccccc1NC(=O)CSc1ccc2c(c1)OCCO2. The first-order valence-electron chi connectivity index (χ1n) is 9.22. The summed E-state index contributed by atoms with van der Waals surface area (Å²) in [5.74, 6) is 1.63.